The molecule has 8 heteroatoms. The Morgan fingerprint density at radius 1 is 1.09 bits per heavy atom. The highest BCUT2D eigenvalue weighted by Crippen LogP contribution is 2.17. The maximum absolute atomic E-state index is 11.2. The lowest BCUT2D eigenvalue weighted by Crippen LogP contribution is -2.32. The van der Waals surface area contributed by atoms with E-state index >= 15 is 0 Å². The molecule has 0 unspecified atom stereocenters. The minimum atomic E-state index is -0.433. The Morgan fingerprint density at radius 2 is 1.81 bits per heavy atom. The molecular weight excluding hydrogens is 535 g/mol. The zero-order chi connectivity index (χ0) is 22.1. The normalized spacial score (nSPS) is 11.0. The molecule has 0 fully saturated rings. The van der Waals surface area contributed by atoms with Crippen LogP contribution >= 0.6 is 35.3 Å². The van der Waals surface area contributed by atoms with E-state index in [1.165, 1.54) is 4.88 Å². The molecule has 0 saturated heterocycles. The van der Waals surface area contributed by atoms with Crippen molar-refractivity contribution in [3.05, 3.63) is 82.0 Å². The predicted octanol–water partition coefficient (Wildman–Crippen LogP) is 5.05. The molecule has 4 N–H and O–H groups in total. The molecule has 2 aromatic carbocycles. The third-order valence-corrected chi connectivity index (χ3v) is 5.33. The average molecular weight is 564 g/mol. The van der Waals surface area contributed by atoms with Crippen molar-refractivity contribution < 1.29 is 9.53 Å². The van der Waals surface area contributed by atoms with E-state index in [9.17, 15) is 4.79 Å². The molecule has 3 rings (SSSR count). The first-order chi connectivity index (χ1) is 15.0. The number of halogens is 1. The van der Waals surface area contributed by atoms with Crippen LogP contribution in [-0.2, 0) is 13.0 Å². The summed E-state index contributed by atoms with van der Waals surface area (Å²) in [6, 6.07) is 19.2. The Hall–Kier alpha value is -2.59. The van der Waals surface area contributed by atoms with Crippen molar-refractivity contribution in [3.63, 3.8) is 0 Å². The van der Waals surface area contributed by atoms with Gasteiger partial charge in [0, 0.05) is 22.7 Å². The van der Waals surface area contributed by atoms with Gasteiger partial charge in [-0.1, -0.05) is 18.2 Å². The summed E-state index contributed by atoms with van der Waals surface area (Å²) in [6.07, 6.45) is 1.06. The number of carbonyl (C=O) groups excluding carboxylic acids is 1. The summed E-state index contributed by atoms with van der Waals surface area (Å²) in [7, 11) is 0. The van der Waals surface area contributed by atoms with Gasteiger partial charge in [-0.15, -0.1) is 35.3 Å². The highest BCUT2D eigenvalue weighted by molar-refractivity contribution is 14.0. The molecule has 3 aromatic rings. The summed E-state index contributed by atoms with van der Waals surface area (Å²) in [6.45, 7) is 5.25. The van der Waals surface area contributed by atoms with E-state index in [0.717, 1.165) is 30.0 Å². The first kappa shape index (κ1) is 25.7. The quantitative estimate of drug-likeness (QED) is 0.193. The molecule has 0 aliphatic rings. The number of amides is 1. The molecule has 0 saturated carbocycles. The van der Waals surface area contributed by atoms with Gasteiger partial charge in [0.25, 0.3) is 0 Å². The van der Waals surface area contributed by atoms with Crippen LogP contribution < -0.4 is 21.1 Å². The van der Waals surface area contributed by atoms with E-state index < -0.39 is 5.91 Å². The number of rotatable bonds is 9. The van der Waals surface area contributed by atoms with E-state index in [-0.39, 0.29) is 30.1 Å². The fourth-order valence-corrected chi connectivity index (χ4v) is 3.58. The van der Waals surface area contributed by atoms with Crippen LogP contribution in [0.4, 0.5) is 5.69 Å². The van der Waals surface area contributed by atoms with Crippen molar-refractivity contribution in [2.75, 3.05) is 11.9 Å². The van der Waals surface area contributed by atoms with Crippen molar-refractivity contribution >= 4 is 52.9 Å². The molecule has 6 nitrogen and oxygen atoms in total. The summed E-state index contributed by atoms with van der Waals surface area (Å²) >= 11 is 1.75. The molecular formula is C24H29IN4O2S. The fourth-order valence-electron chi connectivity index (χ4n) is 2.87. The van der Waals surface area contributed by atoms with Crippen LogP contribution in [-0.4, -0.2) is 24.5 Å². The fraction of sp³-hybridized carbons (Fsp3) is 0.250. The number of aliphatic imine (C=N–C) groups is 1. The van der Waals surface area contributed by atoms with E-state index in [0.29, 0.717) is 18.1 Å². The topological polar surface area (TPSA) is 88.7 Å². The number of hydrogen-bond acceptors (Lipinski definition) is 4. The zero-order valence-corrected chi connectivity index (χ0v) is 21.4. The van der Waals surface area contributed by atoms with Crippen LogP contribution in [0.25, 0.3) is 0 Å². The number of nitrogens with zero attached hydrogens (tertiary/aromatic N) is 1. The lowest BCUT2D eigenvalue weighted by atomic mass is 10.1. The number of guanidine groups is 1. The van der Waals surface area contributed by atoms with Gasteiger partial charge >= 0.3 is 0 Å². The number of hydrogen-bond donors (Lipinski definition) is 3. The van der Waals surface area contributed by atoms with Crippen molar-refractivity contribution in [2.24, 2.45) is 10.7 Å². The van der Waals surface area contributed by atoms with Crippen LogP contribution in [0.5, 0.6) is 5.75 Å². The molecule has 1 aromatic heterocycles. The van der Waals surface area contributed by atoms with Crippen molar-refractivity contribution in [2.45, 2.75) is 32.9 Å². The molecule has 1 amide bonds. The highest BCUT2D eigenvalue weighted by atomic mass is 127. The lowest BCUT2D eigenvalue weighted by molar-refractivity contribution is 0.100. The average Bonchev–Trinajstić information content (AvgIpc) is 3.26. The summed E-state index contributed by atoms with van der Waals surface area (Å²) < 4.78 is 5.71. The van der Waals surface area contributed by atoms with Crippen molar-refractivity contribution in [3.8, 4) is 5.75 Å². The minimum absolute atomic E-state index is 0. The zero-order valence-electron chi connectivity index (χ0n) is 18.2. The Bertz CT molecular complexity index is 988. The maximum Gasteiger partial charge on any atom is 0.248 e. The molecule has 1 heterocycles. The van der Waals surface area contributed by atoms with E-state index in [2.05, 4.69) is 28.1 Å². The van der Waals surface area contributed by atoms with Crippen LogP contribution in [0.3, 0.4) is 0 Å². The maximum atomic E-state index is 11.2. The first-order valence-electron chi connectivity index (χ1n) is 10.2. The van der Waals surface area contributed by atoms with E-state index in [1.54, 1.807) is 23.5 Å². The van der Waals surface area contributed by atoms with Gasteiger partial charge in [-0.05, 0) is 73.7 Å². The minimum Gasteiger partial charge on any atom is -0.491 e. The Balaban J connectivity index is 0.00000363. The molecule has 0 radical (unpaired) electrons. The van der Waals surface area contributed by atoms with Gasteiger partial charge in [0.05, 0.1) is 12.6 Å². The number of nitrogens with one attached hydrogen (secondary N) is 2. The van der Waals surface area contributed by atoms with Gasteiger partial charge in [-0.3, -0.25) is 4.79 Å². The number of ether oxygens (including phenoxy) is 1. The Labute approximate surface area is 210 Å². The number of primary amides is 1. The molecule has 170 valence electrons. The molecule has 0 spiro atoms. The largest absolute Gasteiger partial charge is 0.491 e. The predicted molar refractivity (Wildman–Crippen MR) is 143 cm³/mol. The van der Waals surface area contributed by atoms with Gasteiger partial charge in [-0.2, -0.15) is 0 Å². The van der Waals surface area contributed by atoms with Gasteiger partial charge in [0.1, 0.15) is 5.75 Å². The molecule has 0 aliphatic carbocycles. The smallest absolute Gasteiger partial charge is 0.248 e. The second-order valence-corrected chi connectivity index (χ2v) is 8.33. The summed E-state index contributed by atoms with van der Waals surface area (Å²) in [5, 5.41) is 8.83. The molecule has 0 atom stereocenters. The number of nitrogens with two attached hydrogens (primary N) is 1. The number of anilines is 1. The number of benzene rings is 2. The third-order valence-electron chi connectivity index (χ3n) is 4.39. The lowest BCUT2D eigenvalue weighted by Gasteiger charge is -2.14. The molecule has 32 heavy (non-hydrogen) atoms. The summed E-state index contributed by atoms with van der Waals surface area (Å²) in [5.74, 6) is 1.09. The summed E-state index contributed by atoms with van der Waals surface area (Å²) in [5.41, 5.74) is 7.71. The van der Waals surface area contributed by atoms with Gasteiger partial charge in [0.2, 0.25) is 5.91 Å². The van der Waals surface area contributed by atoms with Crippen LogP contribution in [0.2, 0.25) is 0 Å². The highest BCUT2D eigenvalue weighted by Gasteiger charge is 2.04. The second kappa shape index (κ2) is 13.1. The number of thiophene rings is 1. The summed E-state index contributed by atoms with van der Waals surface area (Å²) in [4.78, 5) is 17.3. The number of carbonyl (C=O) groups is 1. The van der Waals surface area contributed by atoms with E-state index in [4.69, 9.17) is 15.5 Å². The van der Waals surface area contributed by atoms with Crippen molar-refractivity contribution in [1.29, 1.82) is 0 Å². The first-order valence-corrected chi connectivity index (χ1v) is 11.1. The van der Waals surface area contributed by atoms with Gasteiger partial charge < -0.3 is 21.1 Å². The van der Waals surface area contributed by atoms with Crippen LogP contribution in [0.1, 0.15) is 34.6 Å². The SMILES string of the molecule is CC(C)Oc1ccc(NC(=NCc2ccc(C(N)=O)cc2)NCCc2cccs2)cc1.I. The standard InChI is InChI=1S/C24H28N4O2S.HI/c1-17(2)30-21-11-9-20(10-12-21)28-24(26-14-13-22-4-3-15-31-22)27-16-18-5-7-19(8-6-18)23(25)29;/h3-12,15,17H,13-14,16H2,1-2H3,(H2,25,29)(H2,26,27,28);1H. The molecule has 0 aliphatic heterocycles. The van der Waals surface area contributed by atoms with E-state index in [1.807, 2.05) is 50.2 Å². The monoisotopic (exact) mass is 564 g/mol. The van der Waals surface area contributed by atoms with Crippen LogP contribution in [0.15, 0.2) is 71.0 Å². The van der Waals surface area contributed by atoms with Gasteiger partial charge in [0.15, 0.2) is 5.96 Å². The van der Waals surface area contributed by atoms with Crippen molar-refractivity contribution in [1.82, 2.24) is 5.32 Å². The second-order valence-electron chi connectivity index (χ2n) is 7.30. The Kier molecular flexibility index (Phi) is 10.5. The Morgan fingerprint density at radius 3 is 2.41 bits per heavy atom. The molecule has 0 bridgehead atoms. The van der Waals surface area contributed by atoms with Gasteiger partial charge in [-0.25, -0.2) is 4.99 Å². The van der Waals surface area contributed by atoms with Crippen LogP contribution in [0, 0.1) is 0 Å². The third kappa shape index (κ3) is 8.51.